The lowest BCUT2D eigenvalue weighted by Gasteiger charge is -2.13. The molecule has 0 aliphatic rings. The maximum atomic E-state index is 5.21. The lowest BCUT2D eigenvalue weighted by atomic mass is 9.92. The van der Waals surface area contributed by atoms with E-state index in [0.717, 1.165) is 33.4 Å². The van der Waals surface area contributed by atoms with Crippen LogP contribution >= 0.6 is 11.3 Å². The number of fused-ring (bicyclic) bond motifs is 10. The Labute approximate surface area is 321 Å². The van der Waals surface area contributed by atoms with Crippen LogP contribution in [0, 0.1) is 0 Å². The van der Waals surface area contributed by atoms with Gasteiger partial charge < -0.3 is 0 Å². The molecule has 11 rings (SSSR count). The van der Waals surface area contributed by atoms with Gasteiger partial charge in [-0.25, -0.2) is 15.0 Å². The van der Waals surface area contributed by atoms with Gasteiger partial charge in [-0.15, -0.1) is 11.3 Å². The first kappa shape index (κ1) is 31.5. The van der Waals surface area contributed by atoms with E-state index in [0.29, 0.717) is 17.5 Å². The van der Waals surface area contributed by atoms with Crippen molar-refractivity contribution in [3.05, 3.63) is 188 Å². The highest BCUT2D eigenvalue weighted by molar-refractivity contribution is 7.26. The van der Waals surface area contributed by atoms with Crippen molar-refractivity contribution < 1.29 is 0 Å². The smallest absolute Gasteiger partial charge is 0.164 e. The summed E-state index contributed by atoms with van der Waals surface area (Å²) in [5, 5.41) is 10.1. The molecule has 0 radical (unpaired) electrons. The van der Waals surface area contributed by atoms with E-state index in [1.165, 1.54) is 58.1 Å². The molecule has 0 N–H and O–H groups in total. The summed E-state index contributed by atoms with van der Waals surface area (Å²) in [5.74, 6) is 1.92. The minimum Gasteiger partial charge on any atom is -0.208 e. The van der Waals surface area contributed by atoms with Crippen molar-refractivity contribution in [2.24, 2.45) is 0 Å². The van der Waals surface area contributed by atoms with Gasteiger partial charge in [-0.2, -0.15) is 0 Å². The van der Waals surface area contributed by atoms with Gasteiger partial charge in [0.15, 0.2) is 17.5 Å². The molecule has 256 valence electrons. The van der Waals surface area contributed by atoms with Crippen LogP contribution in [0.5, 0.6) is 0 Å². The third kappa shape index (κ3) is 5.38. The topological polar surface area (TPSA) is 38.7 Å². The van der Waals surface area contributed by atoms with Crippen molar-refractivity contribution in [3.8, 4) is 56.4 Å². The quantitative estimate of drug-likeness (QED) is 0.166. The first-order chi connectivity index (χ1) is 27.2. The molecule has 0 saturated heterocycles. The predicted molar refractivity (Wildman–Crippen MR) is 232 cm³/mol. The van der Waals surface area contributed by atoms with Gasteiger partial charge in [0.2, 0.25) is 0 Å². The number of thiophene rings is 1. The van der Waals surface area contributed by atoms with Gasteiger partial charge in [0, 0.05) is 42.2 Å². The number of hydrogen-bond acceptors (Lipinski definition) is 4. The van der Waals surface area contributed by atoms with Gasteiger partial charge in [-0.3, -0.25) is 0 Å². The third-order valence-corrected chi connectivity index (χ3v) is 11.9. The molecule has 11 aromatic rings. The molecule has 0 unspecified atom stereocenters. The Bertz CT molecular complexity index is 3240. The van der Waals surface area contributed by atoms with Crippen LogP contribution in [0.15, 0.2) is 188 Å². The molecule has 0 aliphatic heterocycles. The zero-order valence-electron chi connectivity index (χ0n) is 29.6. The second-order valence-electron chi connectivity index (χ2n) is 14.0. The Balaban J connectivity index is 1.13. The van der Waals surface area contributed by atoms with E-state index in [9.17, 15) is 0 Å². The summed E-state index contributed by atoms with van der Waals surface area (Å²) in [6.07, 6.45) is 0. The van der Waals surface area contributed by atoms with Crippen LogP contribution in [0.25, 0.3) is 109 Å². The highest BCUT2D eigenvalue weighted by Gasteiger charge is 2.18. The molecule has 0 amide bonds. The Kier molecular flexibility index (Phi) is 7.35. The number of hydrogen-bond donors (Lipinski definition) is 0. The molecule has 2 aromatic heterocycles. The van der Waals surface area contributed by atoms with Crippen LogP contribution in [0.1, 0.15) is 0 Å². The van der Waals surface area contributed by atoms with E-state index >= 15 is 0 Å². The van der Waals surface area contributed by atoms with Crippen LogP contribution in [0.3, 0.4) is 0 Å². The molecule has 0 fully saturated rings. The van der Waals surface area contributed by atoms with Gasteiger partial charge in [0.25, 0.3) is 0 Å². The Morgan fingerprint density at radius 2 is 0.727 bits per heavy atom. The molecule has 3 nitrogen and oxygen atoms in total. The number of rotatable bonds is 5. The summed E-state index contributed by atoms with van der Waals surface area (Å²) < 4.78 is 2.63. The molecule has 0 aliphatic carbocycles. The first-order valence-electron chi connectivity index (χ1n) is 18.5. The minimum absolute atomic E-state index is 0.639. The fraction of sp³-hybridized carbons (Fsp3) is 0. The van der Waals surface area contributed by atoms with Crippen molar-refractivity contribution in [3.63, 3.8) is 0 Å². The van der Waals surface area contributed by atoms with Gasteiger partial charge in [-0.1, -0.05) is 170 Å². The predicted octanol–water partition coefficient (Wildman–Crippen LogP) is 14.0. The molecule has 0 bridgehead atoms. The molecule has 4 heteroatoms. The molecule has 0 spiro atoms. The monoisotopic (exact) mass is 717 g/mol. The van der Waals surface area contributed by atoms with Crippen molar-refractivity contribution in [1.82, 2.24) is 15.0 Å². The largest absolute Gasteiger partial charge is 0.208 e. The zero-order valence-corrected chi connectivity index (χ0v) is 30.5. The Morgan fingerprint density at radius 3 is 1.45 bits per heavy atom. The van der Waals surface area contributed by atoms with Crippen molar-refractivity contribution in [2.75, 3.05) is 0 Å². The standard InChI is InChI=1S/C51H31N3S/c1-3-12-32(13-4-1)34-22-24-35(25-23-34)49-52-50(37-17-11-16-36(30-37)33-14-5-2-6-15-33)54-51(53-49)38-26-27-43-45(31-38)40-19-8-7-18-39(40)42-28-29-44-41-20-9-10-21-46(41)55-48(44)47(42)43/h1-31H. The number of benzene rings is 9. The maximum absolute atomic E-state index is 5.21. The van der Waals surface area contributed by atoms with Crippen molar-refractivity contribution in [2.45, 2.75) is 0 Å². The average molecular weight is 718 g/mol. The van der Waals surface area contributed by atoms with Crippen LogP contribution < -0.4 is 0 Å². The molecule has 55 heavy (non-hydrogen) atoms. The summed E-state index contributed by atoms with van der Waals surface area (Å²) in [5.41, 5.74) is 7.42. The number of nitrogens with zero attached hydrogens (tertiary/aromatic N) is 3. The maximum Gasteiger partial charge on any atom is 0.164 e. The average Bonchev–Trinajstić information content (AvgIpc) is 3.66. The van der Waals surface area contributed by atoms with E-state index in [2.05, 4.69) is 176 Å². The Hall–Kier alpha value is -7.01. The summed E-state index contributed by atoms with van der Waals surface area (Å²) in [6, 6.07) is 66.7. The summed E-state index contributed by atoms with van der Waals surface area (Å²) in [6.45, 7) is 0. The normalized spacial score (nSPS) is 11.6. The second kappa shape index (κ2) is 12.8. The molecule has 2 heterocycles. The van der Waals surface area contributed by atoms with E-state index < -0.39 is 0 Å². The van der Waals surface area contributed by atoms with Crippen LogP contribution in [0.2, 0.25) is 0 Å². The fourth-order valence-corrected chi connectivity index (χ4v) is 9.30. The highest BCUT2D eigenvalue weighted by Crippen LogP contribution is 2.45. The lowest BCUT2D eigenvalue weighted by Crippen LogP contribution is -2.00. The molecule has 9 aromatic carbocycles. The lowest BCUT2D eigenvalue weighted by molar-refractivity contribution is 1.07. The highest BCUT2D eigenvalue weighted by atomic mass is 32.1. The second-order valence-corrected chi connectivity index (χ2v) is 15.0. The van der Waals surface area contributed by atoms with E-state index in [-0.39, 0.29) is 0 Å². The Morgan fingerprint density at radius 1 is 0.273 bits per heavy atom. The van der Waals surface area contributed by atoms with Crippen LogP contribution in [-0.2, 0) is 0 Å². The molecular formula is C51H31N3S. The van der Waals surface area contributed by atoms with Crippen LogP contribution in [0.4, 0.5) is 0 Å². The van der Waals surface area contributed by atoms with Crippen LogP contribution in [-0.4, -0.2) is 15.0 Å². The van der Waals surface area contributed by atoms with Crippen molar-refractivity contribution >= 4 is 63.8 Å². The summed E-state index contributed by atoms with van der Waals surface area (Å²) >= 11 is 1.88. The minimum atomic E-state index is 0.639. The van der Waals surface area contributed by atoms with Crippen molar-refractivity contribution in [1.29, 1.82) is 0 Å². The number of aromatic nitrogens is 3. The molecule has 0 saturated carbocycles. The van der Waals surface area contributed by atoms with E-state index in [1.54, 1.807) is 0 Å². The van der Waals surface area contributed by atoms with E-state index in [4.69, 9.17) is 15.0 Å². The summed E-state index contributed by atoms with van der Waals surface area (Å²) in [4.78, 5) is 15.5. The van der Waals surface area contributed by atoms with Gasteiger partial charge in [-0.05, 0) is 67.4 Å². The van der Waals surface area contributed by atoms with Gasteiger partial charge >= 0.3 is 0 Å². The first-order valence-corrected chi connectivity index (χ1v) is 19.3. The summed E-state index contributed by atoms with van der Waals surface area (Å²) in [7, 11) is 0. The molecular weight excluding hydrogens is 687 g/mol. The zero-order chi connectivity index (χ0) is 36.3. The van der Waals surface area contributed by atoms with Gasteiger partial charge in [0.05, 0.1) is 0 Å². The van der Waals surface area contributed by atoms with Gasteiger partial charge in [0.1, 0.15) is 0 Å². The van der Waals surface area contributed by atoms with E-state index in [1.807, 2.05) is 23.5 Å². The SMILES string of the molecule is c1ccc(-c2ccc(-c3nc(-c4cccc(-c5ccccc5)c4)nc(-c4ccc5c(c4)c4ccccc4c4ccc6c7ccccc7sc6c45)n3)cc2)cc1. The molecule has 0 atom stereocenters. The fourth-order valence-electron chi connectivity index (χ4n) is 8.03. The third-order valence-electron chi connectivity index (χ3n) is 10.7.